The van der Waals surface area contributed by atoms with E-state index in [1.165, 1.54) is 4.88 Å². The van der Waals surface area contributed by atoms with Crippen molar-refractivity contribution in [3.05, 3.63) is 49.9 Å². The molecule has 0 amide bonds. The van der Waals surface area contributed by atoms with Gasteiger partial charge in [-0.1, -0.05) is 45.2 Å². The molecule has 0 spiro atoms. The number of nitrogens with zero attached hydrogens (tertiary/aromatic N) is 1. The first-order valence-corrected chi connectivity index (χ1v) is 7.55. The van der Waals surface area contributed by atoms with Crippen molar-refractivity contribution in [2.75, 3.05) is 0 Å². The zero-order valence-corrected chi connectivity index (χ0v) is 13.0. The van der Waals surface area contributed by atoms with Gasteiger partial charge in [0.1, 0.15) is 0 Å². The zero-order valence-electron chi connectivity index (χ0n) is 9.08. The van der Waals surface area contributed by atoms with Gasteiger partial charge in [0.2, 0.25) is 0 Å². The molecule has 0 aliphatic heterocycles. The fourth-order valence-corrected chi connectivity index (χ4v) is 3.35. The van der Waals surface area contributed by atoms with E-state index in [0.717, 1.165) is 17.0 Å². The highest BCUT2D eigenvalue weighted by Crippen LogP contribution is 2.32. The van der Waals surface area contributed by atoms with Crippen LogP contribution in [0.2, 0.25) is 10.0 Å². The second-order valence-electron chi connectivity index (χ2n) is 3.70. The highest BCUT2D eigenvalue weighted by molar-refractivity contribution is 9.09. The average Bonchev–Trinajstić information content (AvgIpc) is 2.70. The fraction of sp³-hybridized carbons (Fsp3) is 0.250. The Balaban J connectivity index is 2.12. The Morgan fingerprint density at radius 3 is 2.71 bits per heavy atom. The van der Waals surface area contributed by atoms with E-state index in [1.54, 1.807) is 11.3 Å². The van der Waals surface area contributed by atoms with Crippen LogP contribution in [0.4, 0.5) is 0 Å². The first kappa shape index (κ1) is 13.3. The Hall–Kier alpha value is -0.0900. The van der Waals surface area contributed by atoms with Crippen LogP contribution in [0.25, 0.3) is 0 Å². The summed E-state index contributed by atoms with van der Waals surface area (Å²) in [5.74, 6) is 0. The minimum atomic E-state index is 0.269. The molecule has 0 aliphatic rings. The molecule has 0 radical (unpaired) electrons. The summed E-state index contributed by atoms with van der Waals surface area (Å²) in [6.45, 7) is 2.01. The molecule has 0 fully saturated rings. The summed E-state index contributed by atoms with van der Waals surface area (Å²) < 4.78 is 0. The quantitative estimate of drug-likeness (QED) is 0.672. The SMILES string of the molecule is Cc1ncc(C(Br)Cc2ccc(Cl)c(Cl)c2)s1. The zero-order chi connectivity index (χ0) is 12.4. The number of thiazole rings is 1. The van der Waals surface area contributed by atoms with Crippen LogP contribution in [-0.2, 0) is 6.42 Å². The van der Waals surface area contributed by atoms with Gasteiger partial charge in [0, 0.05) is 11.1 Å². The fourth-order valence-electron chi connectivity index (χ4n) is 1.50. The molecule has 1 atom stereocenters. The third kappa shape index (κ3) is 3.44. The summed E-state index contributed by atoms with van der Waals surface area (Å²) in [7, 11) is 0. The van der Waals surface area contributed by atoms with Gasteiger partial charge in [0.15, 0.2) is 0 Å². The Morgan fingerprint density at radius 2 is 2.12 bits per heavy atom. The molecular formula is C12H10BrCl2NS. The summed E-state index contributed by atoms with van der Waals surface area (Å²) in [5, 5.41) is 2.28. The Labute approximate surface area is 123 Å². The van der Waals surface area contributed by atoms with Crippen molar-refractivity contribution in [3.63, 3.8) is 0 Å². The van der Waals surface area contributed by atoms with Crippen molar-refractivity contribution in [2.45, 2.75) is 18.2 Å². The van der Waals surface area contributed by atoms with E-state index in [9.17, 15) is 0 Å². The molecule has 1 heterocycles. The standard InChI is InChI=1S/C12H10BrCl2NS/c1-7-16-6-12(17-7)9(13)4-8-2-3-10(14)11(15)5-8/h2-3,5-6,9H,4H2,1H3. The molecule has 0 N–H and O–H groups in total. The lowest BCUT2D eigenvalue weighted by Crippen LogP contribution is -1.93. The second kappa shape index (κ2) is 5.70. The van der Waals surface area contributed by atoms with Gasteiger partial charge < -0.3 is 0 Å². The van der Waals surface area contributed by atoms with E-state index in [1.807, 2.05) is 31.3 Å². The van der Waals surface area contributed by atoms with Crippen LogP contribution in [0.15, 0.2) is 24.4 Å². The highest BCUT2D eigenvalue weighted by atomic mass is 79.9. The minimum absolute atomic E-state index is 0.269. The topological polar surface area (TPSA) is 12.9 Å². The first-order chi connectivity index (χ1) is 8.06. The lowest BCUT2D eigenvalue weighted by molar-refractivity contribution is 0.965. The number of aromatic nitrogens is 1. The smallest absolute Gasteiger partial charge is 0.0897 e. The van der Waals surface area contributed by atoms with E-state index < -0.39 is 0 Å². The maximum absolute atomic E-state index is 5.99. The second-order valence-corrected chi connectivity index (χ2v) is 6.89. The van der Waals surface area contributed by atoms with Gasteiger partial charge in [-0.2, -0.15) is 0 Å². The summed E-state index contributed by atoms with van der Waals surface area (Å²) >= 11 is 17.3. The van der Waals surface area contributed by atoms with E-state index in [2.05, 4.69) is 20.9 Å². The van der Waals surface area contributed by atoms with Crippen LogP contribution in [0.3, 0.4) is 0 Å². The van der Waals surface area contributed by atoms with E-state index in [-0.39, 0.29) is 4.83 Å². The monoisotopic (exact) mass is 349 g/mol. The van der Waals surface area contributed by atoms with Crippen molar-refractivity contribution in [1.29, 1.82) is 0 Å². The molecule has 1 unspecified atom stereocenters. The molecule has 2 rings (SSSR count). The lowest BCUT2D eigenvalue weighted by Gasteiger charge is -2.08. The van der Waals surface area contributed by atoms with Crippen LogP contribution < -0.4 is 0 Å². The molecular weight excluding hydrogens is 341 g/mol. The molecule has 0 saturated carbocycles. The van der Waals surface area contributed by atoms with E-state index in [4.69, 9.17) is 23.2 Å². The molecule has 0 bridgehead atoms. The molecule has 1 aromatic heterocycles. The van der Waals surface area contributed by atoms with Gasteiger partial charge >= 0.3 is 0 Å². The summed E-state index contributed by atoms with van der Waals surface area (Å²) in [4.78, 5) is 5.75. The van der Waals surface area contributed by atoms with Crippen LogP contribution in [-0.4, -0.2) is 4.98 Å². The van der Waals surface area contributed by atoms with E-state index in [0.29, 0.717) is 10.0 Å². The molecule has 90 valence electrons. The van der Waals surface area contributed by atoms with Gasteiger partial charge in [-0.05, 0) is 31.0 Å². The van der Waals surface area contributed by atoms with Gasteiger partial charge in [-0.25, -0.2) is 4.98 Å². The predicted molar refractivity (Wildman–Crippen MR) is 78.7 cm³/mol. The van der Waals surface area contributed by atoms with Crippen molar-refractivity contribution in [2.24, 2.45) is 0 Å². The molecule has 0 saturated heterocycles. The number of rotatable bonds is 3. The van der Waals surface area contributed by atoms with Crippen LogP contribution in [0, 0.1) is 6.92 Å². The normalized spacial score (nSPS) is 12.7. The summed E-state index contributed by atoms with van der Waals surface area (Å²) in [6.07, 6.45) is 2.79. The van der Waals surface area contributed by atoms with Crippen LogP contribution in [0.1, 0.15) is 20.3 Å². The van der Waals surface area contributed by atoms with Crippen molar-refractivity contribution in [3.8, 4) is 0 Å². The van der Waals surface area contributed by atoms with Gasteiger partial charge in [0.25, 0.3) is 0 Å². The summed E-state index contributed by atoms with van der Waals surface area (Å²) in [6, 6.07) is 5.74. The van der Waals surface area contributed by atoms with Crippen molar-refractivity contribution < 1.29 is 0 Å². The number of halogens is 3. The Bertz CT molecular complexity index is 527. The summed E-state index contributed by atoms with van der Waals surface area (Å²) in [5.41, 5.74) is 1.16. The average molecular weight is 351 g/mol. The van der Waals surface area contributed by atoms with Gasteiger partial charge in [-0.15, -0.1) is 11.3 Å². The highest BCUT2D eigenvalue weighted by Gasteiger charge is 2.12. The van der Waals surface area contributed by atoms with Crippen molar-refractivity contribution >= 4 is 50.5 Å². The van der Waals surface area contributed by atoms with Crippen LogP contribution in [0.5, 0.6) is 0 Å². The largest absolute Gasteiger partial charge is 0.250 e. The van der Waals surface area contributed by atoms with Crippen molar-refractivity contribution in [1.82, 2.24) is 4.98 Å². The molecule has 1 nitrogen and oxygen atoms in total. The molecule has 5 heteroatoms. The number of hydrogen-bond acceptors (Lipinski definition) is 2. The third-order valence-electron chi connectivity index (χ3n) is 2.35. The Morgan fingerprint density at radius 1 is 1.35 bits per heavy atom. The number of aryl methyl sites for hydroxylation is 1. The molecule has 1 aromatic carbocycles. The van der Waals surface area contributed by atoms with Gasteiger partial charge in [-0.3, -0.25) is 0 Å². The number of hydrogen-bond donors (Lipinski definition) is 0. The van der Waals surface area contributed by atoms with Crippen LogP contribution >= 0.6 is 50.5 Å². The molecule has 2 aromatic rings. The van der Waals surface area contributed by atoms with E-state index >= 15 is 0 Å². The molecule has 0 aliphatic carbocycles. The maximum atomic E-state index is 5.99. The third-order valence-corrected chi connectivity index (χ3v) is 5.23. The maximum Gasteiger partial charge on any atom is 0.0897 e. The number of benzene rings is 1. The number of alkyl halides is 1. The molecule has 17 heavy (non-hydrogen) atoms. The lowest BCUT2D eigenvalue weighted by atomic mass is 10.1. The minimum Gasteiger partial charge on any atom is -0.250 e. The van der Waals surface area contributed by atoms with Gasteiger partial charge in [0.05, 0.1) is 19.9 Å². The first-order valence-electron chi connectivity index (χ1n) is 5.06. The Kier molecular flexibility index (Phi) is 4.47. The predicted octanol–water partition coefficient (Wildman–Crippen LogP) is 5.44.